The molecule has 1 radical (unpaired) electrons. The summed E-state index contributed by atoms with van der Waals surface area (Å²) in [7, 11) is 0. The quantitative estimate of drug-likeness (QED) is 0.594. The van der Waals surface area contributed by atoms with Crippen molar-refractivity contribution in [3.63, 3.8) is 0 Å². The van der Waals surface area contributed by atoms with E-state index in [1.807, 2.05) is 0 Å². The van der Waals surface area contributed by atoms with Gasteiger partial charge in [-0.2, -0.15) is 0 Å². The van der Waals surface area contributed by atoms with E-state index in [-0.39, 0.29) is 33.7 Å². The molecule has 0 aliphatic rings. The predicted molar refractivity (Wildman–Crippen MR) is 41.4 cm³/mol. The van der Waals surface area contributed by atoms with Crippen LogP contribution in [0.5, 0.6) is 5.75 Å². The standard InChI is InChI=1S/C7H6O2S.Au/c8-6-4-2-1-3-5(6)7(9)10;/h1-4,8H,(H,9,10);. The number of hydrogen-bond acceptors (Lipinski definition) is 2. The molecule has 1 aromatic carbocycles. The molecule has 63 valence electrons. The van der Waals surface area contributed by atoms with E-state index in [1.165, 1.54) is 12.1 Å². The van der Waals surface area contributed by atoms with Crippen LogP contribution in [0.1, 0.15) is 10.4 Å². The van der Waals surface area contributed by atoms with Crippen LogP contribution in [0.25, 0.3) is 0 Å². The Kier molecular flexibility index (Phi) is 4.52. The molecule has 1 rings (SSSR count). The summed E-state index contributed by atoms with van der Waals surface area (Å²) in [6.07, 6.45) is 0. The molecule has 0 saturated carbocycles. The van der Waals surface area contributed by atoms with Crippen molar-refractivity contribution >= 4 is 17.7 Å². The van der Waals surface area contributed by atoms with Gasteiger partial charge < -0.3 is 5.11 Å². The van der Waals surface area contributed by atoms with Gasteiger partial charge >= 0.3 is 0 Å². The summed E-state index contributed by atoms with van der Waals surface area (Å²) in [4.78, 5) is 10.6. The second-order valence-electron chi connectivity index (χ2n) is 1.82. The first kappa shape index (κ1) is 10.8. The fourth-order valence-corrected chi connectivity index (χ4v) is 0.844. The molecule has 1 N–H and O–H groups in total. The normalized spacial score (nSPS) is 8.45. The third-order valence-corrected chi connectivity index (χ3v) is 1.38. The molecular formula is C7H6AuO2S. The van der Waals surface area contributed by atoms with Crippen molar-refractivity contribution < 1.29 is 32.3 Å². The van der Waals surface area contributed by atoms with Crippen LogP contribution in [0.15, 0.2) is 24.3 Å². The van der Waals surface area contributed by atoms with Crippen LogP contribution in [0.2, 0.25) is 0 Å². The van der Waals surface area contributed by atoms with E-state index in [2.05, 4.69) is 12.6 Å². The minimum Gasteiger partial charge on any atom is -0.507 e. The van der Waals surface area contributed by atoms with Gasteiger partial charge in [-0.1, -0.05) is 12.1 Å². The van der Waals surface area contributed by atoms with Gasteiger partial charge in [0.15, 0.2) is 0 Å². The Morgan fingerprint density at radius 2 is 1.91 bits per heavy atom. The molecule has 0 spiro atoms. The van der Waals surface area contributed by atoms with E-state index in [0.717, 1.165) is 0 Å². The van der Waals surface area contributed by atoms with Crippen molar-refractivity contribution in [2.24, 2.45) is 0 Å². The molecule has 2 nitrogen and oxygen atoms in total. The summed E-state index contributed by atoms with van der Waals surface area (Å²) >= 11 is 3.56. The van der Waals surface area contributed by atoms with E-state index < -0.39 is 5.12 Å². The topological polar surface area (TPSA) is 37.3 Å². The number of aromatic hydroxyl groups is 1. The van der Waals surface area contributed by atoms with E-state index in [9.17, 15) is 4.79 Å². The van der Waals surface area contributed by atoms with Gasteiger partial charge in [0, 0.05) is 22.4 Å². The zero-order valence-corrected chi connectivity index (χ0v) is 8.47. The number of hydrogen-bond donors (Lipinski definition) is 2. The van der Waals surface area contributed by atoms with E-state index in [0.29, 0.717) is 0 Å². The zero-order chi connectivity index (χ0) is 7.56. The van der Waals surface area contributed by atoms with Gasteiger partial charge in [0.05, 0.1) is 5.56 Å². The Morgan fingerprint density at radius 1 is 1.36 bits per heavy atom. The fourth-order valence-electron chi connectivity index (χ4n) is 0.654. The summed E-state index contributed by atoms with van der Waals surface area (Å²) in [6, 6.07) is 6.28. The van der Waals surface area contributed by atoms with Gasteiger partial charge in [0.2, 0.25) is 5.12 Å². The van der Waals surface area contributed by atoms with E-state index in [1.54, 1.807) is 12.1 Å². The van der Waals surface area contributed by atoms with Gasteiger partial charge in [-0.15, -0.1) is 12.6 Å². The first-order valence-electron chi connectivity index (χ1n) is 2.73. The number of carbonyl (C=O) groups is 1. The minimum absolute atomic E-state index is 0. The molecule has 0 aliphatic carbocycles. The summed E-state index contributed by atoms with van der Waals surface area (Å²) < 4.78 is 0. The molecule has 1 aromatic rings. The molecule has 0 aliphatic heterocycles. The van der Waals surface area contributed by atoms with Crippen molar-refractivity contribution in [2.75, 3.05) is 0 Å². The van der Waals surface area contributed by atoms with Crippen LogP contribution in [0.3, 0.4) is 0 Å². The van der Waals surface area contributed by atoms with Gasteiger partial charge in [-0.25, -0.2) is 0 Å². The molecular weight excluding hydrogens is 345 g/mol. The van der Waals surface area contributed by atoms with Crippen molar-refractivity contribution in [3.8, 4) is 5.75 Å². The van der Waals surface area contributed by atoms with Gasteiger partial charge in [-0.05, 0) is 12.1 Å². The maximum absolute atomic E-state index is 10.6. The second-order valence-corrected chi connectivity index (χ2v) is 2.23. The molecule has 4 heteroatoms. The van der Waals surface area contributed by atoms with Crippen molar-refractivity contribution in [2.45, 2.75) is 0 Å². The molecule has 0 saturated heterocycles. The molecule has 0 fully saturated rings. The van der Waals surface area contributed by atoms with Gasteiger partial charge in [0.25, 0.3) is 0 Å². The maximum Gasteiger partial charge on any atom is 0.220 e. The molecule has 0 bridgehead atoms. The Morgan fingerprint density at radius 3 is 2.27 bits per heavy atom. The Labute approximate surface area is 85.5 Å². The van der Waals surface area contributed by atoms with Crippen molar-refractivity contribution in [1.29, 1.82) is 0 Å². The third kappa shape index (κ3) is 2.71. The summed E-state index contributed by atoms with van der Waals surface area (Å²) in [5, 5.41) is 8.59. The number of carbonyl (C=O) groups excluding carboxylic acids is 1. The molecule has 0 atom stereocenters. The zero-order valence-electron chi connectivity index (χ0n) is 5.41. The Balaban J connectivity index is 0.000001000. The number of para-hydroxylation sites is 1. The molecule has 0 amide bonds. The van der Waals surface area contributed by atoms with Gasteiger partial charge in [-0.3, -0.25) is 4.79 Å². The SMILES string of the molecule is O=C(S)c1ccccc1O.[Au]. The molecule has 0 heterocycles. The van der Waals surface area contributed by atoms with Crippen LogP contribution in [-0.2, 0) is 22.4 Å². The minimum atomic E-state index is -0.418. The van der Waals surface area contributed by atoms with Gasteiger partial charge in [0.1, 0.15) is 5.75 Å². The monoisotopic (exact) mass is 351 g/mol. The van der Waals surface area contributed by atoms with Crippen molar-refractivity contribution in [1.82, 2.24) is 0 Å². The number of phenolic OH excluding ortho intramolecular Hbond substituents is 1. The first-order chi connectivity index (χ1) is 4.72. The predicted octanol–water partition coefficient (Wildman–Crippen LogP) is 1.46. The number of thiol groups is 1. The molecule has 11 heavy (non-hydrogen) atoms. The van der Waals surface area contributed by atoms with Crippen LogP contribution >= 0.6 is 12.6 Å². The van der Waals surface area contributed by atoms with Crippen LogP contribution in [-0.4, -0.2) is 10.2 Å². The smallest absolute Gasteiger partial charge is 0.220 e. The first-order valence-corrected chi connectivity index (χ1v) is 3.18. The number of rotatable bonds is 1. The average Bonchev–Trinajstić information content (AvgIpc) is 1.88. The average molecular weight is 351 g/mol. The Bertz CT molecular complexity index is 262. The third-order valence-electron chi connectivity index (χ3n) is 1.13. The van der Waals surface area contributed by atoms with E-state index >= 15 is 0 Å². The van der Waals surface area contributed by atoms with E-state index in [4.69, 9.17) is 5.11 Å². The summed E-state index contributed by atoms with van der Waals surface area (Å²) in [5.74, 6) is -0.0255. The largest absolute Gasteiger partial charge is 0.507 e. The van der Waals surface area contributed by atoms with Crippen LogP contribution in [0.4, 0.5) is 0 Å². The van der Waals surface area contributed by atoms with Crippen LogP contribution in [0, 0.1) is 0 Å². The second kappa shape index (κ2) is 4.62. The summed E-state index contributed by atoms with van der Waals surface area (Å²) in [6.45, 7) is 0. The maximum atomic E-state index is 10.6. The van der Waals surface area contributed by atoms with Crippen LogP contribution < -0.4 is 0 Å². The Hall–Kier alpha value is -0.220. The molecule has 0 aromatic heterocycles. The fraction of sp³-hybridized carbons (Fsp3) is 0. The summed E-state index contributed by atoms with van der Waals surface area (Å²) in [5.41, 5.74) is 0.242. The number of benzene rings is 1. The molecule has 0 unspecified atom stereocenters. The number of phenols is 1. The van der Waals surface area contributed by atoms with Crippen molar-refractivity contribution in [3.05, 3.63) is 29.8 Å².